The van der Waals surface area contributed by atoms with Gasteiger partial charge < -0.3 is 9.73 Å². The fourth-order valence-electron chi connectivity index (χ4n) is 2.46. The maximum Gasteiger partial charge on any atom is 0.416 e. The molecule has 1 aromatic heterocycles. The topological polar surface area (TPSA) is 96.3 Å². The number of aryl methyl sites for hydroxylation is 1. The van der Waals surface area contributed by atoms with Crippen molar-refractivity contribution in [1.82, 2.24) is 15.8 Å². The van der Waals surface area contributed by atoms with Crippen LogP contribution in [0.25, 0.3) is 11.3 Å². The Morgan fingerprint density at radius 2 is 1.72 bits per heavy atom. The highest BCUT2D eigenvalue weighted by Gasteiger charge is 2.30. The second-order valence-electron chi connectivity index (χ2n) is 5.90. The second-order valence-corrected chi connectivity index (χ2v) is 5.90. The van der Waals surface area contributed by atoms with Gasteiger partial charge in [0.05, 0.1) is 5.56 Å². The number of rotatable bonds is 3. The third-order valence-corrected chi connectivity index (χ3v) is 3.78. The Hall–Kier alpha value is -3.82. The number of anilines is 1. The summed E-state index contributed by atoms with van der Waals surface area (Å²) in [6.45, 7) is 1.64. The summed E-state index contributed by atoms with van der Waals surface area (Å²) in [6.07, 6.45) is -4.54. The van der Waals surface area contributed by atoms with Crippen LogP contribution in [0.2, 0.25) is 0 Å². The zero-order chi connectivity index (χ0) is 21.0. The molecule has 0 spiro atoms. The third-order valence-electron chi connectivity index (χ3n) is 3.78. The molecule has 10 heteroatoms. The maximum atomic E-state index is 12.7. The number of halogens is 3. The van der Waals surface area contributed by atoms with Gasteiger partial charge in [0.15, 0.2) is 0 Å². The van der Waals surface area contributed by atoms with Gasteiger partial charge in [0.1, 0.15) is 11.5 Å². The van der Waals surface area contributed by atoms with Gasteiger partial charge in [-0.1, -0.05) is 36.4 Å². The summed E-state index contributed by atoms with van der Waals surface area (Å²) in [5.41, 5.74) is 4.32. The van der Waals surface area contributed by atoms with Gasteiger partial charge in [-0.15, -0.1) is 0 Å². The number of nitrogens with one attached hydrogen (secondary N) is 3. The Labute approximate surface area is 162 Å². The van der Waals surface area contributed by atoms with Crippen LogP contribution in [0.4, 0.5) is 23.7 Å². The molecule has 0 atom stereocenters. The molecule has 0 fully saturated rings. The van der Waals surface area contributed by atoms with E-state index in [1.165, 1.54) is 6.07 Å². The quantitative estimate of drug-likeness (QED) is 0.572. The largest absolute Gasteiger partial charge is 0.437 e. The second kappa shape index (κ2) is 8.05. The van der Waals surface area contributed by atoms with Gasteiger partial charge in [-0.25, -0.2) is 15.2 Å². The summed E-state index contributed by atoms with van der Waals surface area (Å²) >= 11 is 0. The fraction of sp³-hybridized carbons (Fsp3) is 0.105. The molecule has 3 amide bonds. The van der Waals surface area contributed by atoms with Crippen molar-refractivity contribution in [2.24, 2.45) is 0 Å². The number of hydrogen-bond donors (Lipinski definition) is 3. The van der Waals surface area contributed by atoms with Gasteiger partial charge >= 0.3 is 18.1 Å². The van der Waals surface area contributed by atoms with E-state index in [4.69, 9.17) is 4.42 Å². The van der Waals surface area contributed by atoms with Crippen molar-refractivity contribution in [3.8, 4) is 11.3 Å². The number of carbonyl (C=O) groups is 2. The number of nitrogens with zero attached hydrogens (tertiary/aromatic N) is 1. The van der Waals surface area contributed by atoms with Crippen LogP contribution in [0.15, 0.2) is 59.0 Å². The molecule has 2 aromatic carbocycles. The van der Waals surface area contributed by atoms with Gasteiger partial charge in [-0.05, 0) is 25.1 Å². The minimum absolute atomic E-state index is 0.0927. The predicted molar refractivity (Wildman–Crippen MR) is 97.7 cm³/mol. The zero-order valence-electron chi connectivity index (χ0n) is 15.0. The number of benzene rings is 2. The van der Waals surface area contributed by atoms with Crippen molar-refractivity contribution in [3.05, 3.63) is 71.8 Å². The lowest BCUT2D eigenvalue weighted by molar-refractivity contribution is -0.137. The number of urea groups is 1. The lowest BCUT2D eigenvalue weighted by atomic mass is 10.1. The highest BCUT2D eigenvalue weighted by Crippen LogP contribution is 2.30. The summed E-state index contributed by atoms with van der Waals surface area (Å²) < 4.78 is 43.4. The van der Waals surface area contributed by atoms with E-state index in [2.05, 4.69) is 15.7 Å². The van der Waals surface area contributed by atoms with Crippen LogP contribution in [-0.2, 0) is 6.18 Å². The Bertz CT molecular complexity index is 1030. The average Bonchev–Trinajstić information content (AvgIpc) is 3.08. The van der Waals surface area contributed by atoms with E-state index < -0.39 is 23.7 Å². The molecule has 7 nitrogen and oxygen atoms in total. The number of carbonyl (C=O) groups excluding carboxylic acids is 2. The Balaban J connectivity index is 1.61. The number of oxazole rings is 1. The van der Waals surface area contributed by atoms with Crippen LogP contribution in [-0.4, -0.2) is 16.9 Å². The lowest BCUT2D eigenvalue weighted by Crippen LogP contribution is -2.44. The van der Waals surface area contributed by atoms with Gasteiger partial charge in [0.25, 0.3) is 5.89 Å². The summed E-state index contributed by atoms with van der Waals surface area (Å²) in [7, 11) is 0. The van der Waals surface area contributed by atoms with Crippen LogP contribution in [0.5, 0.6) is 0 Å². The molecule has 0 aliphatic carbocycles. The molecule has 29 heavy (non-hydrogen) atoms. The van der Waals surface area contributed by atoms with Crippen molar-refractivity contribution >= 4 is 17.6 Å². The predicted octanol–water partition coefficient (Wildman–Crippen LogP) is 4.14. The molecule has 0 radical (unpaired) electrons. The number of hydrazine groups is 1. The van der Waals surface area contributed by atoms with Crippen LogP contribution in [0.3, 0.4) is 0 Å². The molecule has 150 valence electrons. The smallest absolute Gasteiger partial charge is 0.416 e. The normalized spacial score (nSPS) is 11.0. The van der Waals surface area contributed by atoms with E-state index >= 15 is 0 Å². The Kier molecular flexibility index (Phi) is 5.53. The molecule has 1 heterocycles. The minimum atomic E-state index is -4.54. The van der Waals surface area contributed by atoms with E-state index in [1.807, 2.05) is 23.6 Å². The van der Waals surface area contributed by atoms with E-state index in [9.17, 15) is 22.8 Å². The van der Waals surface area contributed by atoms with Crippen LogP contribution < -0.4 is 16.2 Å². The molecule has 0 saturated heterocycles. The van der Waals surface area contributed by atoms with Crippen molar-refractivity contribution in [2.45, 2.75) is 13.1 Å². The molecular weight excluding hydrogens is 389 g/mol. The molecule has 0 aliphatic rings. The highest BCUT2D eigenvalue weighted by molar-refractivity contribution is 5.94. The number of aromatic nitrogens is 1. The first-order chi connectivity index (χ1) is 13.7. The fourth-order valence-corrected chi connectivity index (χ4v) is 2.46. The average molecular weight is 404 g/mol. The standard InChI is InChI=1S/C19H15F3N4O3/c1-11-15(12-6-3-2-4-7-12)24-17(29-11)16(27)25-26-18(28)23-14-9-5-8-13(10-14)19(20,21)22/h2-10H,1H3,(H,25,27)(H2,23,26,28). The van der Waals surface area contributed by atoms with Gasteiger partial charge in [-0.2, -0.15) is 13.2 Å². The molecule has 3 N–H and O–H groups in total. The van der Waals surface area contributed by atoms with Crippen LogP contribution >= 0.6 is 0 Å². The van der Waals surface area contributed by atoms with Crippen molar-refractivity contribution in [1.29, 1.82) is 0 Å². The van der Waals surface area contributed by atoms with E-state index in [0.717, 1.165) is 23.8 Å². The van der Waals surface area contributed by atoms with Crippen molar-refractivity contribution in [3.63, 3.8) is 0 Å². The summed E-state index contributed by atoms with van der Waals surface area (Å²) in [5, 5.41) is 2.19. The highest BCUT2D eigenvalue weighted by atomic mass is 19.4. The first-order valence-corrected chi connectivity index (χ1v) is 8.31. The van der Waals surface area contributed by atoms with Crippen molar-refractivity contribution < 1.29 is 27.2 Å². The maximum absolute atomic E-state index is 12.7. The van der Waals surface area contributed by atoms with Crippen LogP contribution in [0, 0.1) is 6.92 Å². The number of amides is 3. The van der Waals surface area contributed by atoms with Gasteiger partial charge in [-0.3, -0.25) is 10.2 Å². The summed E-state index contributed by atoms with van der Waals surface area (Å²) in [5.74, 6) is -0.690. The minimum Gasteiger partial charge on any atom is -0.437 e. The first kappa shape index (κ1) is 19.9. The van der Waals surface area contributed by atoms with Crippen molar-refractivity contribution in [2.75, 3.05) is 5.32 Å². The van der Waals surface area contributed by atoms with E-state index in [-0.39, 0.29) is 11.6 Å². The van der Waals surface area contributed by atoms with Gasteiger partial charge in [0.2, 0.25) is 0 Å². The van der Waals surface area contributed by atoms with Crippen LogP contribution in [0.1, 0.15) is 22.0 Å². The molecular formula is C19H15F3N4O3. The van der Waals surface area contributed by atoms with E-state index in [0.29, 0.717) is 11.5 Å². The summed E-state index contributed by atoms with van der Waals surface area (Å²) in [4.78, 5) is 28.1. The number of hydrogen-bond acceptors (Lipinski definition) is 4. The number of alkyl halides is 3. The Morgan fingerprint density at radius 1 is 1.00 bits per heavy atom. The van der Waals surface area contributed by atoms with Gasteiger partial charge in [0, 0.05) is 11.3 Å². The lowest BCUT2D eigenvalue weighted by Gasteiger charge is -2.10. The molecule has 3 rings (SSSR count). The molecule has 0 saturated carbocycles. The monoisotopic (exact) mass is 404 g/mol. The first-order valence-electron chi connectivity index (χ1n) is 8.31. The Morgan fingerprint density at radius 3 is 2.41 bits per heavy atom. The molecule has 3 aromatic rings. The third kappa shape index (κ3) is 4.92. The molecule has 0 bridgehead atoms. The molecule has 0 unspecified atom stereocenters. The molecule has 0 aliphatic heterocycles. The SMILES string of the molecule is Cc1oc(C(=O)NNC(=O)Nc2cccc(C(F)(F)F)c2)nc1-c1ccccc1. The summed E-state index contributed by atoms with van der Waals surface area (Å²) in [6, 6.07) is 12.2. The van der Waals surface area contributed by atoms with E-state index in [1.54, 1.807) is 19.1 Å². The zero-order valence-corrected chi connectivity index (χ0v) is 15.0.